The average Bonchev–Trinajstić information content (AvgIpc) is 2.69. The van der Waals surface area contributed by atoms with Crippen LogP contribution in [0.25, 0.3) is 28.7 Å². The van der Waals surface area contributed by atoms with Gasteiger partial charge in [0.05, 0.1) is 6.10 Å². The number of rotatable bonds is 7. The summed E-state index contributed by atoms with van der Waals surface area (Å²) in [4.78, 5) is 13.2. The zero-order valence-electron chi connectivity index (χ0n) is 15.3. The molecule has 5 heteroatoms. The summed E-state index contributed by atoms with van der Waals surface area (Å²) < 4.78 is 0. The molecule has 2 aromatic heterocycles. The van der Waals surface area contributed by atoms with Crippen LogP contribution in [0.2, 0.25) is 0 Å². The molecule has 0 fully saturated rings. The first-order chi connectivity index (χ1) is 13.1. The number of allylic oxidation sites excluding steroid dienone is 1. The summed E-state index contributed by atoms with van der Waals surface area (Å²) in [7, 11) is 0. The molecule has 0 saturated carbocycles. The Hall–Kier alpha value is -3.05. The Balaban J connectivity index is 1.63. The fourth-order valence-electron chi connectivity index (χ4n) is 2.65. The maximum atomic E-state index is 9.37. The van der Waals surface area contributed by atoms with Crippen molar-refractivity contribution in [2.75, 3.05) is 0 Å². The zero-order valence-corrected chi connectivity index (χ0v) is 15.3. The van der Waals surface area contributed by atoms with Crippen molar-refractivity contribution in [3.8, 4) is 28.4 Å². The lowest BCUT2D eigenvalue weighted by Crippen LogP contribution is -1.97. The monoisotopic (exact) mass is 361 g/mol. The molecule has 1 unspecified atom stereocenters. The molecule has 0 amide bonds. The maximum Gasteiger partial charge on any atom is 0.178 e. The molecule has 0 aliphatic rings. The van der Waals surface area contributed by atoms with Crippen molar-refractivity contribution in [2.24, 2.45) is 0 Å². The summed E-state index contributed by atoms with van der Waals surface area (Å²) in [6, 6.07) is 10.8. The van der Waals surface area contributed by atoms with Crippen LogP contribution in [-0.4, -0.2) is 31.3 Å². The third kappa shape index (κ3) is 5.46. The quantitative estimate of drug-likeness (QED) is 0.607. The van der Waals surface area contributed by atoms with Crippen molar-refractivity contribution in [1.82, 2.24) is 15.0 Å². The van der Waals surface area contributed by atoms with Crippen LogP contribution in [0, 0.1) is 0 Å². The molecule has 1 atom stereocenters. The van der Waals surface area contributed by atoms with E-state index >= 15 is 0 Å². The summed E-state index contributed by atoms with van der Waals surface area (Å²) in [6.07, 6.45) is 11.9. The van der Waals surface area contributed by atoms with Crippen molar-refractivity contribution >= 4 is 6.08 Å². The number of hydrogen-bond acceptors (Lipinski definition) is 5. The lowest BCUT2D eigenvalue weighted by molar-refractivity contribution is 0.182. The van der Waals surface area contributed by atoms with Crippen LogP contribution in [0.5, 0.6) is 5.75 Å². The predicted octanol–water partition coefficient (Wildman–Crippen LogP) is 4.48. The lowest BCUT2D eigenvalue weighted by atomic mass is 10.1. The number of hydrogen-bond donors (Lipinski definition) is 2. The van der Waals surface area contributed by atoms with Gasteiger partial charge in [-0.25, -0.2) is 9.97 Å². The minimum absolute atomic E-state index is 0.234. The molecule has 0 aliphatic carbocycles. The van der Waals surface area contributed by atoms with Gasteiger partial charge < -0.3 is 10.2 Å². The molecule has 3 rings (SSSR count). The van der Waals surface area contributed by atoms with E-state index in [9.17, 15) is 10.2 Å². The molecule has 3 aromatic rings. The van der Waals surface area contributed by atoms with E-state index in [1.807, 2.05) is 37.3 Å². The second kappa shape index (κ2) is 9.05. The van der Waals surface area contributed by atoms with Gasteiger partial charge in [-0.3, -0.25) is 4.98 Å². The van der Waals surface area contributed by atoms with Crippen molar-refractivity contribution in [2.45, 2.75) is 32.3 Å². The third-order valence-electron chi connectivity index (χ3n) is 4.17. The van der Waals surface area contributed by atoms with Crippen LogP contribution in [0.3, 0.4) is 0 Å². The summed E-state index contributed by atoms with van der Waals surface area (Å²) in [5.74, 6) is 0.808. The highest BCUT2D eigenvalue weighted by molar-refractivity contribution is 5.63. The fourth-order valence-corrected chi connectivity index (χ4v) is 2.65. The van der Waals surface area contributed by atoms with Gasteiger partial charge in [0.2, 0.25) is 0 Å². The van der Waals surface area contributed by atoms with Crippen LogP contribution < -0.4 is 0 Å². The topological polar surface area (TPSA) is 79.1 Å². The smallest absolute Gasteiger partial charge is 0.178 e. The lowest BCUT2D eigenvalue weighted by Gasteiger charge is -2.03. The molecule has 138 valence electrons. The standard InChI is InChI=1S/C22H23N3O2/c1-16(26)5-3-2-4-6-17-7-12-21(23-13-17)22-24-14-19(15-25-22)18-8-10-20(27)11-9-18/h4,6-16,26-27H,2-3,5H2,1H3/b6-4+. The van der Waals surface area contributed by atoms with Gasteiger partial charge in [0.15, 0.2) is 5.82 Å². The van der Waals surface area contributed by atoms with Crippen LogP contribution in [-0.2, 0) is 0 Å². The molecule has 0 radical (unpaired) electrons. The zero-order chi connectivity index (χ0) is 19.1. The molecule has 5 nitrogen and oxygen atoms in total. The van der Waals surface area contributed by atoms with E-state index in [2.05, 4.69) is 21.0 Å². The molecule has 0 aliphatic heterocycles. The maximum absolute atomic E-state index is 9.37. The highest BCUT2D eigenvalue weighted by Gasteiger charge is 2.04. The minimum Gasteiger partial charge on any atom is -0.508 e. The normalized spacial score (nSPS) is 12.4. The largest absolute Gasteiger partial charge is 0.508 e. The molecule has 2 N–H and O–H groups in total. The molecular formula is C22H23N3O2. The van der Waals surface area contributed by atoms with Gasteiger partial charge in [-0.2, -0.15) is 0 Å². The second-order valence-corrected chi connectivity index (χ2v) is 6.50. The Morgan fingerprint density at radius 2 is 1.67 bits per heavy atom. The van der Waals surface area contributed by atoms with Gasteiger partial charge in [-0.1, -0.05) is 30.4 Å². The Morgan fingerprint density at radius 3 is 2.30 bits per heavy atom. The van der Waals surface area contributed by atoms with Crippen molar-refractivity contribution < 1.29 is 10.2 Å². The number of benzene rings is 1. The van der Waals surface area contributed by atoms with Crippen molar-refractivity contribution in [3.05, 3.63) is 66.6 Å². The molecule has 27 heavy (non-hydrogen) atoms. The van der Waals surface area contributed by atoms with Crippen molar-refractivity contribution in [1.29, 1.82) is 0 Å². The van der Waals surface area contributed by atoms with E-state index in [-0.39, 0.29) is 11.9 Å². The van der Waals surface area contributed by atoms with E-state index in [0.29, 0.717) is 5.82 Å². The highest BCUT2D eigenvalue weighted by atomic mass is 16.3. The van der Waals surface area contributed by atoms with E-state index in [0.717, 1.165) is 41.6 Å². The van der Waals surface area contributed by atoms with Crippen LogP contribution >= 0.6 is 0 Å². The Labute approximate surface area is 159 Å². The van der Waals surface area contributed by atoms with Gasteiger partial charge in [0.25, 0.3) is 0 Å². The van der Waals surface area contributed by atoms with E-state index in [1.165, 1.54) is 0 Å². The van der Waals surface area contributed by atoms with Gasteiger partial charge in [0, 0.05) is 24.2 Å². The van der Waals surface area contributed by atoms with Gasteiger partial charge >= 0.3 is 0 Å². The molecule has 2 heterocycles. The summed E-state index contributed by atoms with van der Waals surface area (Å²) in [5, 5.41) is 18.6. The number of unbranched alkanes of at least 4 members (excludes halogenated alkanes) is 1. The third-order valence-corrected chi connectivity index (χ3v) is 4.17. The average molecular weight is 361 g/mol. The van der Waals surface area contributed by atoms with E-state index in [1.54, 1.807) is 30.7 Å². The predicted molar refractivity (Wildman–Crippen MR) is 107 cm³/mol. The minimum atomic E-state index is -0.236. The SMILES string of the molecule is CC(O)CCC/C=C/c1ccc(-c2ncc(-c3ccc(O)cc3)cn2)nc1. The first-order valence-corrected chi connectivity index (χ1v) is 9.04. The fraction of sp³-hybridized carbons (Fsp3) is 0.227. The van der Waals surface area contributed by atoms with Gasteiger partial charge in [0.1, 0.15) is 11.4 Å². The number of phenolic OH excluding ortho intramolecular Hbond substituents is 1. The summed E-state index contributed by atoms with van der Waals surface area (Å²) in [5.41, 5.74) is 3.58. The number of aliphatic hydroxyl groups excluding tert-OH is 1. The number of aromatic hydroxyl groups is 1. The van der Waals surface area contributed by atoms with E-state index < -0.39 is 0 Å². The Morgan fingerprint density at radius 1 is 0.926 bits per heavy atom. The van der Waals surface area contributed by atoms with E-state index in [4.69, 9.17) is 0 Å². The molecule has 0 spiro atoms. The molecule has 1 aromatic carbocycles. The molecule has 0 saturated heterocycles. The first kappa shape index (κ1) is 18.7. The second-order valence-electron chi connectivity index (χ2n) is 6.50. The van der Waals surface area contributed by atoms with Crippen LogP contribution in [0.4, 0.5) is 0 Å². The Kier molecular flexibility index (Phi) is 6.28. The van der Waals surface area contributed by atoms with Crippen LogP contribution in [0.1, 0.15) is 31.7 Å². The van der Waals surface area contributed by atoms with Crippen LogP contribution in [0.15, 0.2) is 61.1 Å². The van der Waals surface area contributed by atoms with Gasteiger partial charge in [-0.05, 0) is 55.5 Å². The number of pyridine rings is 1. The number of phenols is 1. The number of nitrogens with zero attached hydrogens (tertiary/aromatic N) is 3. The van der Waals surface area contributed by atoms with Crippen molar-refractivity contribution in [3.63, 3.8) is 0 Å². The molecule has 0 bridgehead atoms. The number of aromatic nitrogens is 3. The summed E-state index contributed by atoms with van der Waals surface area (Å²) in [6.45, 7) is 1.81. The highest BCUT2D eigenvalue weighted by Crippen LogP contribution is 2.22. The summed E-state index contributed by atoms with van der Waals surface area (Å²) >= 11 is 0. The number of aliphatic hydroxyl groups is 1. The molecular weight excluding hydrogens is 338 g/mol. The van der Waals surface area contributed by atoms with Gasteiger partial charge in [-0.15, -0.1) is 0 Å². The first-order valence-electron chi connectivity index (χ1n) is 9.04. The Bertz CT molecular complexity index is 871.